The second-order valence-electron chi connectivity index (χ2n) is 6.32. The van der Waals surface area contributed by atoms with Crippen LogP contribution in [0.1, 0.15) is 23.1 Å². The predicted octanol–water partition coefficient (Wildman–Crippen LogP) is 0.875. The second-order valence-corrected chi connectivity index (χ2v) is 8.03. The van der Waals surface area contributed by atoms with Crippen LogP contribution in [-0.4, -0.2) is 56.6 Å². The summed E-state index contributed by atoms with van der Waals surface area (Å²) in [5.74, 6) is 0. The lowest BCUT2D eigenvalue weighted by Gasteiger charge is -2.29. The van der Waals surface area contributed by atoms with Crippen molar-refractivity contribution in [2.24, 2.45) is 0 Å². The molecule has 1 aliphatic rings. The molecule has 1 atom stereocenters. The topological polar surface area (TPSA) is 108 Å². The number of nitrogens with zero attached hydrogens (tertiary/aromatic N) is 2. The fraction of sp³-hybridized carbons (Fsp3) is 0.471. The van der Waals surface area contributed by atoms with Crippen LogP contribution >= 0.6 is 0 Å². The van der Waals surface area contributed by atoms with E-state index >= 15 is 0 Å². The number of aliphatic hydroxyl groups excluding tert-OH is 1. The van der Waals surface area contributed by atoms with Crippen molar-refractivity contribution < 1.29 is 18.3 Å². The van der Waals surface area contributed by atoms with E-state index < -0.39 is 16.1 Å². The van der Waals surface area contributed by atoms with Crippen LogP contribution in [-0.2, 0) is 14.8 Å². The number of hydrogen-bond donors (Lipinski definition) is 3. The van der Waals surface area contributed by atoms with Gasteiger partial charge in [-0.15, -0.1) is 0 Å². The Morgan fingerprint density at radius 3 is 2.50 bits per heavy atom. The molecule has 1 aromatic carbocycles. The van der Waals surface area contributed by atoms with Crippen molar-refractivity contribution in [2.45, 2.75) is 24.8 Å². The molecule has 1 unspecified atom stereocenters. The van der Waals surface area contributed by atoms with Crippen LogP contribution in [0.25, 0.3) is 0 Å². The Morgan fingerprint density at radius 2 is 1.92 bits per heavy atom. The van der Waals surface area contributed by atoms with Gasteiger partial charge in [-0.2, -0.15) is 5.10 Å². The third-order valence-electron chi connectivity index (χ3n) is 4.45. The highest BCUT2D eigenvalue weighted by atomic mass is 32.2. The summed E-state index contributed by atoms with van der Waals surface area (Å²) in [6.07, 6.45) is -0.934. The van der Waals surface area contributed by atoms with Gasteiger partial charge < -0.3 is 14.7 Å². The Bertz CT molecular complexity index is 823. The first-order valence-electron chi connectivity index (χ1n) is 8.50. The number of ether oxygens (including phenoxy) is 1. The highest BCUT2D eigenvalue weighted by Crippen LogP contribution is 2.21. The van der Waals surface area contributed by atoms with Crippen molar-refractivity contribution >= 4 is 15.7 Å². The van der Waals surface area contributed by atoms with Gasteiger partial charge in [-0.05, 0) is 31.5 Å². The van der Waals surface area contributed by atoms with E-state index in [4.69, 9.17) is 4.74 Å². The molecule has 1 fully saturated rings. The summed E-state index contributed by atoms with van der Waals surface area (Å²) in [6.45, 7) is 6.26. The first kappa shape index (κ1) is 18.8. The molecule has 0 radical (unpaired) electrons. The maximum atomic E-state index is 12.4. The monoisotopic (exact) mass is 380 g/mol. The standard InChI is InChI=1S/C17H24N4O4S/c1-12-17(13(2)20-19-12)26(23,24)18-11-16(22)14-3-5-15(6-4-14)21-7-9-25-10-8-21/h3-6,16,18,22H,7-11H2,1-2H3,(H,19,20). The van der Waals surface area contributed by atoms with Gasteiger partial charge in [0, 0.05) is 25.3 Å². The van der Waals surface area contributed by atoms with Crippen LogP contribution in [0.5, 0.6) is 0 Å². The fourth-order valence-electron chi connectivity index (χ4n) is 3.04. The first-order valence-corrected chi connectivity index (χ1v) is 9.99. The summed E-state index contributed by atoms with van der Waals surface area (Å²) in [5.41, 5.74) is 2.60. The van der Waals surface area contributed by atoms with Crippen molar-refractivity contribution in [3.05, 3.63) is 41.2 Å². The summed E-state index contributed by atoms with van der Waals surface area (Å²) in [7, 11) is -3.73. The van der Waals surface area contributed by atoms with E-state index in [9.17, 15) is 13.5 Å². The molecular formula is C17H24N4O4S. The van der Waals surface area contributed by atoms with Gasteiger partial charge in [0.1, 0.15) is 4.90 Å². The molecule has 0 amide bonds. The second kappa shape index (κ2) is 7.75. The molecule has 0 saturated carbocycles. The van der Waals surface area contributed by atoms with Crippen LogP contribution in [0, 0.1) is 13.8 Å². The van der Waals surface area contributed by atoms with Gasteiger partial charge in [-0.1, -0.05) is 12.1 Å². The number of rotatable bonds is 6. The zero-order valence-electron chi connectivity index (χ0n) is 14.9. The number of H-pyrrole nitrogens is 1. The number of aromatic nitrogens is 2. The molecule has 0 aliphatic carbocycles. The molecule has 1 aromatic heterocycles. The maximum Gasteiger partial charge on any atom is 0.244 e. The lowest BCUT2D eigenvalue weighted by molar-refractivity contribution is 0.122. The summed E-state index contributed by atoms with van der Waals surface area (Å²) in [4.78, 5) is 2.35. The van der Waals surface area contributed by atoms with Crippen molar-refractivity contribution in [1.82, 2.24) is 14.9 Å². The Hall–Kier alpha value is -1.94. The molecule has 1 aliphatic heterocycles. The minimum absolute atomic E-state index is 0.108. The van der Waals surface area contributed by atoms with Gasteiger partial charge in [0.05, 0.1) is 30.7 Å². The SMILES string of the molecule is Cc1n[nH]c(C)c1S(=O)(=O)NCC(O)c1ccc(N2CCOCC2)cc1. The molecule has 26 heavy (non-hydrogen) atoms. The van der Waals surface area contributed by atoms with E-state index in [1.54, 1.807) is 13.8 Å². The number of aromatic amines is 1. The van der Waals surface area contributed by atoms with E-state index in [0.717, 1.165) is 18.8 Å². The smallest absolute Gasteiger partial charge is 0.244 e. The lowest BCUT2D eigenvalue weighted by Crippen LogP contribution is -2.36. The molecule has 0 bridgehead atoms. The number of benzene rings is 1. The molecule has 3 rings (SSSR count). The zero-order valence-corrected chi connectivity index (χ0v) is 15.7. The van der Waals surface area contributed by atoms with E-state index in [0.29, 0.717) is 30.2 Å². The molecule has 142 valence electrons. The molecule has 0 spiro atoms. The van der Waals surface area contributed by atoms with E-state index in [-0.39, 0.29) is 11.4 Å². The summed E-state index contributed by atoms with van der Waals surface area (Å²) in [5, 5.41) is 16.9. The van der Waals surface area contributed by atoms with Gasteiger partial charge >= 0.3 is 0 Å². The van der Waals surface area contributed by atoms with Gasteiger partial charge in [-0.3, -0.25) is 5.10 Å². The molecule has 2 heterocycles. The molecule has 9 heteroatoms. The maximum absolute atomic E-state index is 12.4. The number of aryl methyl sites for hydroxylation is 2. The van der Waals surface area contributed by atoms with Crippen LogP contribution in [0.15, 0.2) is 29.2 Å². The third-order valence-corrected chi connectivity index (χ3v) is 6.14. The van der Waals surface area contributed by atoms with Crippen LogP contribution in [0.3, 0.4) is 0 Å². The third kappa shape index (κ3) is 4.07. The van der Waals surface area contributed by atoms with Crippen molar-refractivity contribution in [1.29, 1.82) is 0 Å². The fourth-order valence-corrected chi connectivity index (χ4v) is 4.45. The van der Waals surface area contributed by atoms with Gasteiger partial charge in [-0.25, -0.2) is 13.1 Å². The normalized spacial score (nSPS) is 16.7. The lowest BCUT2D eigenvalue weighted by atomic mass is 10.1. The number of anilines is 1. The number of hydrogen-bond acceptors (Lipinski definition) is 6. The summed E-state index contributed by atoms with van der Waals surface area (Å²) < 4.78 is 32.7. The Labute approximate surface area is 153 Å². The van der Waals surface area contributed by atoms with Gasteiger partial charge in [0.25, 0.3) is 0 Å². The number of morpholine rings is 1. The largest absolute Gasteiger partial charge is 0.387 e. The van der Waals surface area contributed by atoms with Crippen molar-refractivity contribution in [3.8, 4) is 0 Å². The Kier molecular flexibility index (Phi) is 5.61. The summed E-state index contributed by atoms with van der Waals surface area (Å²) >= 11 is 0. The Morgan fingerprint density at radius 1 is 1.27 bits per heavy atom. The van der Waals surface area contributed by atoms with E-state index in [1.165, 1.54) is 0 Å². The van der Waals surface area contributed by atoms with Gasteiger partial charge in [0.15, 0.2) is 0 Å². The average Bonchev–Trinajstić information content (AvgIpc) is 3.00. The summed E-state index contributed by atoms with van der Waals surface area (Å²) in [6, 6.07) is 7.50. The van der Waals surface area contributed by atoms with Crippen LogP contribution in [0.2, 0.25) is 0 Å². The highest BCUT2D eigenvalue weighted by molar-refractivity contribution is 7.89. The number of sulfonamides is 1. The molecule has 3 N–H and O–H groups in total. The molecule has 8 nitrogen and oxygen atoms in total. The molecular weight excluding hydrogens is 356 g/mol. The van der Waals surface area contributed by atoms with Crippen molar-refractivity contribution in [2.75, 3.05) is 37.7 Å². The molecule has 2 aromatic rings. The average molecular weight is 380 g/mol. The van der Waals surface area contributed by atoms with Crippen molar-refractivity contribution in [3.63, 3.8) is 0 Å². The minimum Gasteiger partial charge on any atom is -0.387 e. The van der Waals surface area contributed by atoms with Gasteiger partial charge in [0.2, 0.25) is 10.0 Å². The van der Waals surface area contributed by atoms with E-state index in [2.05, 4.69) is 19.8 Å². The first-order chi connectivity index (χ1) is 12.4. The zero-order chi connectivity index (χ0) is 18.7. The molecule has 1 saturated heterocycles. The number of nitrogens with one attached hydrogen (secondary N) is 2. The van der Waals surface area contributed by atoms with Crippen LogP contribution in [0.4, 0.5) is 5.69 Å². The predicted molar refractivity (Wildman–Crippen MR) is 97.7 cm³/mol. The van der Waals surface area contributed by atoms with Crippen LogP contribution < -0.4 is 9.62 Å². The highest BCUT2D eigenvalue weighted by Gasteiger charge is 2.23. The minimum atomic E-state index is -3.73. The van der Waals surface area contributed by atoms with E-state index in [1.807, 2.05) is 24.3 Å². The quantitative estimate of drug-likeness (QED) is 0.687. The number of aliphatic hydroxyl groups is 1. The Balaban J connectivity index is 1.63.